The number of carbonyl (C=O) groups excluding carboxylic acids is 1. The van der Waals surface area contributed by atoms with Crippen LogP contribution in [0.5, 0.6) is 0 Å². The van der Waals surface area contributed by atoms with Crippen LogP contribution in [0.1, 0.15) is 15.9 Å². The topological polar surface area (TPSA) is 59.3 Å². The third-order valence-electron chi connectivity index (χ3n) is 3.54. The van der Waals surface area contributed by atoms with E-state index < -0.39 is 0 Å². The van der Waals surface area contributed by atoms with Gasteiger partial charge >= 0.3 is 0 Å². The molecule has 7 heteroatoms. The smallest absolute Gasteiger partial charge is 0.255 e. The Hall–Kier alpha value is -2.47. The van der Waals surface area contributed by atoms with Gasteiger partial charge < -0.3 is 5.32 Å². The van der Waals surface area contributed by atoms with Crippen LogP contribution in [0.15, 0.2) is 30.7 Å². The van der Waals surface area contributed by atoms with Crippen LogP contribution in [-0.4, -0.2) is 20.3 Å². The lowest BCUT2D eigenvalue weighted by Crippen LogP contribution is -2.12. The summed E-state index contributed by atoms with van der Waals surface area (Å²) in [5, 5.41) is 2.92. The van der Waals surface area contributed by atoms with E-state index >= 15 is 0 Å². The van der Waals surface area contributed by atoms with E-state index in [2.05, 4.69) is 15.3 Å². The van der Waals surface area contributed by atoms with E-state index in [1.807, 2.05) is 0 Å². The van der Waals surface area contributed by atoms with Crippen LogP contribution in [0.2, 0.25) is 5.15 Å². The highest BCUT2D eigenvalue weighted by Gasteiger charge is 2.27. The molecule has 0 radical (unpaired) electrons. The van der Waals surface area contributed by atoms with Gasteiger partial charge in [0.15, 0.2) is 0 Å². The number of hydrogen-bond acceptors (Lipinski definition) is 3. The summed E-state index contributed by atoms with van der Waals surface area (Å²) in [5.74, 6) is -0.583. The number of carbonyl (C=O) groups is 1. The summed E-state index contributed by atoms with van der Waals surface area (Å²) in [6.45, 7) is 0.389. The highest BCUT2D eigenvalue weighted by molar-refractivity contribution is 6.33. The van der Waals surface area contributed by atoms with Crippen molar-refractivity contribution >= 4 is 23.2 Å². The number of imidazole rings is 1. The number of nitrogens with zero attached hydrogens (tertiary/aromatic N) is 3. The van der Waals surface area contributed by atoms with E-state index in [0.717, 1.165) is 16.8 Å². The van der Waals surface area contributed by atoms with Crippen molar-refractivity contribution in [3.63, 3.8) is 0 Å². The van der Waals surface area contributed by atoms with Crippen molar-refractivity contribution in [2.24, 2.45) is 0 Å². The number of hydrogen-bond donors (Lipinski definition) is 1. The average Bonchev–Trinajstić information content (AvgIpc) is 3.04. The lowest BCUT2D eigenvalue weighted by molar-refractivity contribution is 0.0965. The lowest BCUT2D eigenvalue weighted by Gasteiger charge is -2.07. The minimum atomic E-state index is -0.351. The van der Waals surface area contributed by atoms with Gasteiger partial charge in [0.1, 0.15) is 16.6 Å². The second kappa shape index (κ2) is 4.26. The first-order valence-electron chi connectivity index (χ1n) is 6.23. The van der Waals surface area contributed by atoms with Crippen LogP contribution < -0.4 is 5.32 Å². The summed E-state index contributed by atoms with van der Waals surface area (Å²) < 4.78 is 15.0. The van der Waals surface area contributed by atoms with Crippen LogP contribution in [0.3, 0.4) is 0 Å². The van der Waals surface area contributed by atoms with E-state index in [-0.39, 0.29) is 16.9 Å². The maximum Gasteiger partial charge on any atom is 0.255 e. The van der Waals surface area contributed by atoms with E-state index in [1.165, 1.54) is 12.1 Å². The van der Waals surface area contributed by atoms with Crippen molar-refractivity contribution in [1.82, 2.24) is 19.7 Å². The fourth-order valence-electron chi connectivity index (χ4n) is 2.57. The van der Waals surface area contributed by atoms with Crippen molar-refractivity contribution in [1.29, 1.82) is 0 Å². The molecule has 0 aliphatic carbocycles. The van der Waals surface area contributed by atoms with Crippen LogP contribution in [-0.2, 0) is 6.54 Å². The molecule has 1 N–H and O–H groups in total. The third-order valence-corrected chi connectivity index (χ3v) is 3.83. The van der Waals surface area contributed by atoms with Gasteiger partial charge in [0, 0.05) is 30.6 Å². The maximum atomic E-state index is 13.2. The molecule has 21 heavy (non-hydrogen) atoms. The van der Waals surface area contributed by atoms with Crippen LogP contribution >= 0.6 is 11.6 Å². The molecule has 0 spiro atoms. The average molecular weight is 303 g/mol. The second-order valence-electron chi connectivity index (χ2n) is 4.72. The first-order chi connectivity index (χ1) is 10.1. The maximum absolute atomic E-state index is 13.2. The summed E-state index contributed by atoms with van der Waals surface area (Å²) >= 11 is 5.99. The zero-order valence-electron chi connectivity index (χ0n) is 10.6. The van der Waals surface area contributed by atoms with E-state index in [9.17, 15) is 9.18 Å². The van der Waals surface area contributed by atoms with Crippen molar-refractivity contribution in [2.45, 2.75) is 6.54 Å². The van der Waals surface area contributed by atoms with Crippen molar-refractivity contribution in [3.05, 3.63) is 52.8 Å². The number of rotatable bonds is 1. The molecule has 104 valence electrons. The molecule has 1 aliphatic heterocycles. The molecule has 4 heterocycles. The molecule has 0 bridgehead atoms. The number of fused-ring (bicyclic) bond motifs is 2. The predicted octanol–water partition coefficient (Wildman–Crippen LogP) is 2.43. The van der Waals surface area contributed by atoms with Gasteiger partial charge in [0.05, 0.1) is 17.5 Å². The quantitative estimate of drug-likeness (QED) is 0.702. The van der Waals surface area contributed by atoms with Crippen molar-refractivity contribution < 1.29 is 9.18 Å². The van der Waals surface area contributed by atoms with Gasteiger partial charge in [-0.3, -0.25) is 9.20 Å². The molecule has 1 amide bonds. The fraction of sp³-hybridized carbons (Fsp3) is 0.0714. The molecule has 3 aromatic rings. The summed E-state index contributed by atoms with van der Waals surface area (Å²) in [6, 6.07) is 2.70. The molecular weight excluding hydrogens is 295 g/mol. The summed E-state index contributed by atoms with van der Waals surface area (Å²) in [4.78, 5) is 20.1. The fourth-order valence-corrected chi connectivity index (χ4v) is 2.82. The minimum Gasteiger partial charge on any atom is -0.348 e. The number of nitrogens with one attached hydrogen (secondary N) is 1. The molecule has 0 saturated carbocycles. The molecule has 0 fully saturated rings. The van der Waals surface area contributed by atoms with Crippen molar-refractivity contribution in [3.8, 4) is 11.3 Å². The Bertz CT molecular complexity index is 905. The van der Waals surface area contributed by atoms with Crippen LogP contribution in [0.4, 0.5) is 4.39 Å². The predicted molar refractivity (Wildman–Crippen MR) is 74.6 cm³/mol. The normalized spacial score (nSPS) is 13.5. The number of amides is 1. The molecule has 0 saturated heterocycles. The highest BCUT2D eigenvalue weighted by Crippen LogP contribution is 2.32. The van der Waals surface area contributed by atoms with E-state index in [4.69, 9.17) is 11.6 Å². The Labute approximate surface area is 123 Å². The minimum absolute atomic E-state index is 0.184. The molecule has 0 aromatic carbocycles. The SMILES string of the molecule is O=C1NCc2c(-c3cnc4cc(F)ccn34)cnc(Cl)c21. The summed E-state index contributed by atoms with van der Waals surface area (Å²) in [6.07, 6.45) is 4.83. The Balaban J connectivity index is 2.00. The lowest BCUT2D eigenvalue weighted by atomic mass is 10.0. The molecule has 4 rings (SSSR count). The zero-order valence-corrected chi connectivity index (χ0v) is 11.4. The monoisotopic (exact) mass is 302 g/mol. The molecule has 1 aliphatic rings. The Morgan fingerprint density at radius 1 is 1.33 bits per heavy atom. The first-order valence-corrected chi connectivity index (χ1v) is 6.61. The van der Waals surface area contributed by atoms with Crippen LogP contribution in [0.25, 0.3) is 16.9 Å². The van der Waals surface area contributed by atoms with Gasteiger partial charge in [-0.1, -0.05) is 11.6 Å². The molecular formula is C14H8ClFN4O. The van der Waals surface area contributed by atoms with Gasteiger partial charge in [0.2, 0.25) is 0 Å². The van der Waals surface area contributed by atoms with Gasteiger partial charge in [-0.2, -0.15) is 0 Å². The van der Waals surface area contributed by atoms with Gasteiger partial charge in [0.25, 0.3) is 5.91 Å². The Morgan fingerprint density at radius 2 is 2.19 bits per heavy atom. The second-order valence-corrected chi connectivity index (χ2v) is 5.07. The van der Waals surface area contributed by atoms with Gasteiger partial charge in [-0.15, -0.1) is 0 Å². The summed E-state index contributed by atoms with van der Waals surface area (Å²) in [7, 11) is 0. The number of aromatic nitrogens is 3. The Morgan fingerprint density at radius 3 is 3.05 bits per heavy atom. The van der Waals surface area contributed by atoms with E-state index in [0.29, 0.717) is 17.8 Å². The van der Waals surface area contributed by atoms with E-state index in [1.54, 1.807) is 23.0 Å². The molecule has 0 atom stereocenters. The molecule has 3 aromatic heterocycles. The molecule has 5 nitrogen and oxygen atoms in total. The van der Waals surface area contributed by atoms with Gasteiger partial charge in [-0.25, -0.2) is 14.4 Å². The third kappa shape index (κ3) is 1.72. The van der Waals surface area contributed by atoms with Crippen LogP contribution in [0, 0.1) is 5.82 Å². The Kier molecular flexibility index (Phi) is 2.49. The highest BCUT2D eigenvalue weighted by atomic mass is 35.5. The largest absolute Gasteiger partial charge is 0.348 e. The van der Waals surface area contributed by atoms with Gasteiger partial charge in [-0.05, 0) is 11.6 Å². The standard InChI is InChI=1S/C14H8ClFN4O/c15-13-12-9(5-19-14(12)21)8(4-18-13)10-6-17-11-3-7(16)1-2-20(10)11/h1-4,6H,5H2,(H,19,21). The number of halogens is 2. The molecule has 0 unspecified atom stereocenters. The van der Waals surface area contributed by atoms with Crippen molar-refractivity contribution in [2.75, 3.05) is 0 Å². The summed E-state index contributed by atoms with van der Waals surface area (Å²) in [5.41, 5.74) is 3.16. The first kappa shape index (κ1) is 12.3. The zero-order chi connectivity index (χ0) is 14.6. The number of pyridine rings is 2.